The van der Waals surface area contributed by atoms with Gasteiger partial charge in [-0.2, -0.15) is 0 Å². The van der Waals surface area contributed by atoms with Crippen molar-refractivity contribution in [3.8, 4) is 0 Å². The van der Waals surface area contributed by atoms with E-state index in [1.807, 2.05) is 13.0 Å². The zero-order chi connectivity index (χ0) is 13.3. The van der Waals surface area contributed by atoms with E-state index >= 15 is 0 Å². The van der Waals surface area contributed by atoms with Crippen LogP contribution in [0.15, 0.2) is 6.07 Å². The van der Waals surface area contributed by atoms with Crippen molar-refractivity contribution in [3.63, 3.8) is 0 Å². The lowest BCUT2D eigenvalue weighted by Gasteiger charge is -2.36. The highest BCUT2D eigenvalue weighted by atomic mass is 16.4. The maximum absolute atomic E-state index is 11.5. The molecule has 1 heterocycles. The zero-order valence-corrected chi connectivity index (χ0v) is 11.2. The highest BCUT2D eigenvalue weighted by molar-refractivity contribution is 5.81. The number of carbonyl (C=O) groups is 1. The molecule has 1 aromatic heterocycles. The number of nitrogens with zero attached hydrogens (tertiary/aromatic N) is 2. The molecule has 1 aliphatic rings. The van der Waals surface area contributed by atoms with Gasteiger partial charge in [-0.15, -0.1) is 0 Å². The predicted molar refractivity (Wildman–Crippen MR) is 68.5 cm³/mol. The minimum Gasteiger partial charge on any atom is -0.480 e. The van der Waals surface area contributed by atoms with Crippen molar-refractivity contribution in [1.29, 1.82) is 0 Å². The van der Waals surface area contributed by atoms with E-state index in [9.17, 15) is 9.90 Å². The third-order valence-electron chi connectivity index (χ3n) is 3.57. The number of aryl methyl sites for hydroxylation is 1. The van der Waals surface area contributed by atoms with E-state index in [4.69, 9.17) is 0 Å². The summed E-state index contributed by atoms with van der Waals surface area (Å²) in [5, 5.41) is 9.42. The van der Waals surface area contributed by atoms with Gasteiger partial charge in [0.2, 0.25) is 0 Å². The SMILES string of the molecule is Cc1cc(CC(C)C)nc(C2(C(=O)O)CCC2)n1. The Morgan fingerprint density at radius 1 is 1.44 bits per heavy atom. The van der Waals surface area contributed by atoms with Gasteiger partial charge in [0.25, 0.3) is 0 Å². The van der Waals surface area contributed by atoms with Gasteiger partial charge < -0.3 is 5.11 Å². The summed E-state index contributed by atoms with van der Waals surface area (Å²) in [5.41, 5.74) is 1.00. The maximum atomic E-state index is 11.5. The Kier molecular flexibility index (Phi) is 3.37. The molecule has 4 heteroatoms. The van der Waals surface area contributed by atoms with Crippen LogP contribution >= 0.6 is 0 Å². The van der Waals surface area contributed by atoms with E-state index in [-0.39, 0.29) is 0 Å². The molecule has 0 spiro atoms. The minimum atomic E-state index is -0.822. The molecule has 1 N–H and O–H groups in total. The molecule has 18 heavy (non-hydrogen) atoms. The van der Waals surface area contributed by atoms with Crippen molar-refractivity contribution in [2.24, 2.45) is 5.92 Å². The fourth-order valence-corrected chi connectivity index (χ4v) is 2.43. The fraction of sp³-hybridized carbons (Fsp3) is 0.643. The first-order valence-electron chi connectivity index (χ1n) is 6.52. The summed E-state index contributed by atoms with van der Waals surface area (Å²) in [6.45, 7) is 6.17. The third kappa shape index (κ3) is 2.24. The van der Waals surface area contributed by atoms with Crippen LogP contribution < -0.4 is 0 Å². The fourth-order valence-electron chi connectivity index (χ4n) is 2.43. The number of hydrogen-bond acceptors (Lipinski definition) is 3. The molecule has 0 aromatic carbocycles. The van der Waals surface area contributed by atoms with Crippen LogP contribution in [0.2, 0.25) is 0 Å². The van der Waals surface area contributed by atoms with Crippen molar-refractivity contribution in [1.82, 2.24) is 9.97 Å². The number of carboxylic acid groups (broad SMARTS) is 1. The van der Waals surface area contributed by atoms with Crippen LogP contribution in [0, 0.1) is 12.8 Å². The average molecular weight is 248 g/mol. The molecule has 0 atom stereocenters. The lowest BCUT2D eigenvalue weighted by atomic mass is 9.68. The molecule has 1 saturated carbocycles. The van der Waals surface area contributed by atoms with E-state index in [0.29, 0.717) is 24.6 Å². The number of carboxylic acids is 1. The van der Waals surface area contributed by atoms with Gasteiger partial charge in [0.15, 0.2) is 0 Å². The zero-order valence-electron chi connectivity index (χ0n) is 11.2. The van der Waals surface area contributed by atoms with E-state index in [1.54, 1.807) is 0 Å². The van der Waals surface area contributed by atoms with Crippen molar-refractivity contribution >= 4 is 5.97 Å². The molecule has 1 aromatic rings. The molecule has 0 bridgehead atoms. The molecule has 0 unspecified atom stereocenters. The van der Waals surface area contributed by atoms with Gasteiger partial charge in [0.1, 0.15) is 11.2 Å². The Morgan fingerprint density at radius 2 is 2.11 bits per heavy atom. The molecule has 1 fully saturated rings. The monoisotopic (exact) mass is 248 g/mol. The number of hydrogen-bond donors (Lipinski definition) is 1. The Morgan fingerprint density at radius 3 is 2.56 bits per heavy atom. The normalized spacial score (nSPS) is 17.6. The molecule has 4 nitrogen and oxygen atoms in total. The van der Waals surface area contributed by atoms with Crippen LogP contribution in [0.3, 0.4) is 0 Å². The number of aliphatic carboxylic acids is 1. The summed E-state index contributed by atoms with van der Waals surface area (Å²) >= 11 is 0. The Hall–Kier alpha value is -1.45. The van der Waals surface area contributed by atoms with E-state index < -0.39 is 11.4 Å². The molecular weight excluding hydrogens is 228 g/mol. The van der Waals surface area contributed by atoms with Gasteiger partial charge in [-0.3, -0.25) is 4.79 Å². The highest BCUT2D eigenvalue weighted by Crippen LogP contribution is 2.42. The molecule has 1 aliphatic carbocycles. The topological polar surface area (TPSA) is 63.1 Å². The second-order valence-corrected chi connectivity index (χ2v) is 5.66. The maximum Gasteiger partial charge on any atom is 0.317 e. The summed E-state index contributed by atoms with van der Waals surface area (Å²) in [5.74, 6) is 0.237. The first-order valence-corrected chi connectivity index (χ1v) is 6.52. The van der Waals surface area contributed by atoms with Crippen LogP contribution in [0.5, 0.6) is 0 Å². The minimum absolute atomic E-state index is 0.509. The molecule has 0 saturated heterocycles. The lowest BCUT2D eigenvalue weighted by Crippen LogP contribution is -2.44. The number of rotatable bonds is 4. The Balaban J connectivity index is 2.38. The van der Waals surface area contributed by atoms with Crippen LogP contribution in [-0.4, -0.2) is 21.0 Å². The van der Waals surface area contributed by atoms with Gasteiger partial charge in [0.05, 0.1) is 0 Å². The van der Waals surface area contributed by atoms with Crippen LogP contribution in [0.25, 0.3) is 0 Å². The molecule has 98 valence electrons. The average Bonchev–Trinajstić information content (AvgIpc) is 2.12. The molecule has 2 rings (SSSR count). The van der Waals surface area contributed by atoms with Gasteiger partial charge in [-0.25, -0.2) is 9.97 Å². The summed E-state index contributed by atoms with van der Waals surface area (Å²) in [7, 11) is 0. The van der Waals surface area contributed by atoms with E-state index in [0.717, 1.165) is 24.2 Å². The Bertz CT molecular complexity index is 465. The van der Waals surface area contributed by atoms with Gasteiger partial charge in [-0.05, 0) is 38.2 Å². The largest absolute Gasteiger partial charge is 0.480 e. The first-order chi connectivity index (χ1) is 8.44. The van der Waals surface area contributed by atoms with E-state index in [1.165, 1.54) is 0 Å². The predicted octanol–water partition coefficient (Wildman–Crippen LogP) is 2.49. The standard InChI is InChI=1S/C14H20N2O2/c1-9(2)7-11-8-10(3)15-12(16-11)14(13(17)18)5-4-6-14/h8-9H,4-7H2,1-3H3,(H,17,18). The second-order valence-electron chi connectivity index (χ2n) is 5.66. The van der Waals surface area contributed by atoms with Crippen molar-refractivity contribution in [2.75, 3.05) is 0 Å². The van der Waals surface area contributed by atoms with Gasteiger partial charge >= 0.3 is 5.97 Å². The summed E-state index contributed by atoms with van der Waals surface area (Å²) in [4.78, 5) is 20.3. The highest BCUT2D eigenvalue weighted by Gasteiger charge is 2.48. The number of aromatic nitrogens is 2. The summed E-state index contributed by atoms with van der Waals surface area (Å²) in [6.07, 6.45) is 3.13. The first kappa shape index (κ1) is 13.0. The quantitative estimate of drug-likeness (QED) is 0.889. The van der Waals surface area contributed by atoms with Gasteiger partial charge in [-0.1, -0.05) is 20.3 Å². The van der Waals surface area contributed by atoms with Crippen molar-refractivity contribution < 1.29 is 9.90 Å². The molecule has 0 radical (unpaired) electrons. The second kappa shape index (κ2) is 4.67. The van der Waals surface area contributed by atoms with Gasteiger partial charge in [0, 0.05) is 11.4 Å². The van der Waals surface area contributed by atoms with Crippen molar-refractivity contribution in [2.45, 2.75) is 51.9 Å². The van der Waals surface area contributed by atoms with Crippen LogP contribution in [0.4, 0.5) is 0 Å². The molecular formula is C14H20N2O2. The van der Waals surface area contributed by atoms with Crippen LogP contribution in [0.1, 0.15) is 50.3 Å². The molecule has 0 aliphatic heterocycles. The summed E-state index contributed by atoms with van der Waals surface area (Å²) < 4.78 is 0. The Labute approximate surface area is 107 Å². The van der Waals surface area contributed by atoms with Crippen LogP contribution in [-0.2, 0) is 16.6 Å². The smallest absolute Gasteiger partial charge is 0.317 e. The summed E-state index contributed by atoms with van der Waals surface area (Å²) in [6, 6.07) is 1.96. The lowest BCUT2D eigenvalue weighted by molar-refractivity contribution is -0.147. The van der Waals surface area contributed by atoms with E-state index in [2.05, 4.69) is 23.8 Å². The molecule has 0 amide bonds. The third-order valence-corrected chi connectivity index (χ3v) is 3.57. The van der Waals surface area contributed by atoms with Crippen molar-refractivity contribution in [3.05, 3.63) is 23.3 Å².